The molecule has 0 aromatic heterocycles. The van der Waals surface area contributed by atoms with Gasteiger partial charge in [-0.1, -0.05) is 0 Å². The van der Waals surface area contributed by atoms with E-state index in [9.17, 15) is 26.4 Å². The van der Waals surface area contributed by atoms with Gasteiger partial charge in [-0.15, -0.1) is 0 Å². The van der Waals surface area contributed by atoms with E-state index in [0.29, 0.717) is 58.1 Å². The number of rotatable bonds is 10. The molecule has 2 fully saturated rings. The van der Waals surface area contributed by atoms with Crippen LogP contribution in [0, 0.1) is 0 Å². The maximum absolute atomic E-state index is 13.5. The number of alkyl halides is 3. The number of amides is 1. The Labute approximate surface area is 222 Å². The van der Waals surface area contributed by atoms with Crippen molar-refractivity contribution in [2.75, 3.05) is 19.7 Å². The molecule has 1 radical (unpaired) electrons. The molecule has 1 heterocycles. The SMILES string of the molecule is C[As]C(COCc1ccccc1)C(=O)N1CCC(N(C2CC2)S(=O)(=O)c2cccc(C(F)(F)F)c2)CC1. The zero-order valence-corrected chi connectivity index (χ0v) is 23.3. The van der Waals surface area contributed by atoms with Gasteiger partial charge in [-0.3, -0.25) is 0 Å². The second-order valence-electron chi connectivity index (χ2n) is 9.42. The monoisotopic (exact) mass is 599 g/mol. The molecule has 11 heteroatoms. The van der Waals surface area contributed by atoms with Crippen molar-refractivity contribution in [1.29, 1.82) is 0 Å². The number of carbonyl (C=O) groups excluding carboxylic acids is 1. The zero-order valence-electron chi connectivity index (χ0n) is 20.6. The Hall–Kier alpha value is -1.87. The molecule has 1 aliphatic carbocycles. The first-order valence-corrected chi connectivity index (χ1v) is 16.7. The summed E-state index contributed by atoms with van der Waals surface area (Å²) < 4.78 is 73.6. The Bertz CT molecular complexity index is 1170. The van der Waals surface area contributed by atoms with E-state index in [-0.39, 0.29) is 43.3 Å². The second kappa shape index (κ2) is 11.9. The molecule has 37 heavy (non-hydrogen) atoms. The fraction of sp³-hybridized carbons (Fsp3) is 0.500. The fourth-order valence-electron chi connectivity index (χ4n) is 4.64. The third-order valence-corrected chi connectivity index (χ3v) is 10.8. The van der Waals surface area contributed by atoms with E-state index in [1.54, 1.807) is 4.90 Å². The molecule has 1 saturated carbocycles. The van der Waals surface area contributed by atoms with Gasteiger partial charge in [-0.25, -0.2) is 0 Å². The molecule has 1 unspecified atom stereocenters. The minimum absolute atomic E-state index is 0.0349. The summed E-state index contributed by atoms with van der Waals surface area (Å²) in [5.74, 6) is 0.0349. The molecule has 0 spiro atoms. The standard InChI is InChI=1S/C26H31AsF3N2O4S/c1-27-24(18-36-17-19-6-3-2-4-7-19)25(33)31-14-12-22(13-15-31)32(21-10-11-21)37(34,35)23-9-5-8-20(16-23)26(28,29)30/h2-9,16,21-22,24H,10-15,17-18H2,1H3. The molecule has 1 saturated heterocycles. The van der Waals surface area contributed by atoms with Crippen molar-refractivity contribution < 1.29 is 31.1 Å². The molecule has 6 nitrogen and oxygen atoms in total. The van der Waals surface area contributed by atoms with Crippen LogP contribution in [0.3, 0.4) is 0 Å². The minimum atomic E-state index is -4.62. The maximum atomic E-state index is 13.5. The van der Waals surface area contributed by atoms with Crippen LogP contribution in [0.15, 0.2) is 59.5 Å². The van der Waals surface area contributed by atoms with Gasteiger partial charge in [0.1, 0.15) is 0 Å². The van der Waals surface area contributed by atoms with E-state index in [0.717, 1.165) is 17.7 Å². The first-order chi connectivity index (χ1) is 17.6. The molecule has 1 atom stereocenters. The molecular weight excluding hydrogens is 568 g/mol. The third-order valence-electron chi connectivity index (χ3n) is 6.76. The number of piperidine rings is 1. The van der Waals surface area contributed by atoms with Gasteiger partial charge in [0.15, 0.2) is 0 Å². The van der Waals surface area contributed by atoms with Crippen LogP contribution in [0.2, 0.25) is 10.4 Å². The quantitative estimate of drug-likeness (QED) is 0.375. The van der Waals surface area contributed by atoms with Crippen LogP contribution < -0.4 is 0 Å². The van der Waals surface area contributed by atoms with Crippen molar-refractivity contribution in [3.05, 3.63) is 65.7 Å². The van der Waals surface area contributed by atoms with Gasteiger partial charge in [0.2, 0.25) is 0 Å². The van der Waals surface area contributed by atoms with E-state index in [1.807, 2.05) is 36.0 Å². The Kier molecular flexibility index (Phi) is 9.04. The molecule has 0 N–H and O–H groups in total. The summed E-state index contributed by atoms with van der Waals surface area (Å²) >= 11 is -0.257. The van der Waals surface area contributed by atoms with E-state index in [2.05, 4.69) is 0 Å². The molecular formula is C26H31AsF3N2O4S. The number of ether oxygens (including phenoxy) is 1. The van der Waals surface area contributed by atoms with Crippen LogP contribution in [0.1, 0.15) is 36.8 Å². The molecule has 4 rings (SSSR count). The van der Waals surface area contributed by atoms with Crippen molar-refractivity contribution in [3.63, 3.8) is 0 Å². The van der Waals surface area contributed by atoms with Gasteiger partial charge in [0.25, 0.3) is 0 Å². The van der Waals surface area contributed by atoms with Gasteiger partial charge in [0.05, 0.1) is 0 Å². The Morgan fingerprint density at radius 3 is 2.30 bits per heavy atom. The summed E-state index contributed by atoms with van der Waals surface area (Å²) in [4.78, 5) is 14.6. The molecule has 2 aromatic rings. The predicted molar refractivity (Wildman–Crippen MR) is 135 cm³/mol. The molecule has 0 bridgehead atoms. The van der Waals surface area contributed by atoms with Gasteiger partial charge >= 0.3 is 210 Å². The predicted octanol–water partition coefficient (Wildman–Crippen LogP) is 4.61. The number of carbonyl (C=O) groups is 1. The number of benzene rings is 2. The molecule has 201 valence electrons. The number of likely N-dealkylation sites (tertiary alicyclic amines) is 1. The Morgan fingerprint density at radius 1 is 1.05 bits per heavy atom. The van der Waals surface area contributed by atoms with Gasteiger partial charge in [-0.2, -0.15) is 13.2 Å². The van der Waals surface area contributed by atoms with Crippen molar-refractivity contribution in [1.82, 2.24) is 9.21 Å². The summed E-state index contributed by atoms with van der Waals surface area (Å²) in [6, 6.07) is 13.2. The average molecular weight is 600 g/mol. The Balaban J connectivity index is 1.38. The third kappa shape index (κ3) is 6.96. The topological polar surface area (TPSA) is 66.9 Å². The number of hydrogen-bond acceptors (Lipinski definition) is 4. The van der Waals surface area contributed by atoms with Crippen LogP contribution in [-0.2, 0) is 32.3 Å². The number of halogens is 3. The first kappa shape index (κ1) is 28.1. The van der Waals surface area contributed by atoms with Crippen molar-refractivity contribution in [2.45, 2.75) is 65.9 Å². The Morgan fingerprint density at radius 2 is 1.70 bits per heavy atom. The fourth-order valence-corrected chi connectivity index (χ4v) is 7.96. The van der Waals surface area contributed by atoms with Gasteiger partial charge in [-0.05, 0) is 0 Å². The zero-order chi connectivity index (χ0) is 26.6. The summed E-state index contributed by atoms with van der Waals surface area (Å²) in [6.45, 7) is 1.63. The number of sulfonamides is 1. The first-order valence-electron chi connectivity index (χ1n) is 12.3. The second-order valence-corrected chi connectivity index (χ2v) is 13.7. The van der Waals surface area contributed by atoms with Crippen LogP contribution in [-0.4, -0.2) is 71.1 Å². The molecule has 2 aromatic carbocycles. The number of hydrogen-bond donors (Lipinski definition) is 0. The number of nitrogens with zero attached hydrogens (tertiary/aromatic N) is 2. The van der Waals surface area contributed by atoms with Crippen LogP contribution >= 0.6 is 0 Å². The van der Waals surface area contributed by atoms with E-state index in [4.69, 9.17) is 4.74 Å². The van der Waals surface area contributed by atoms with Crippen LogP contribution in [0.25, 0.3) is 0 Å². The van der Waals surface area contributed by atoms with Gasteiger partial charge in [0, 0.05) is 0 Å². The normalized spacial score (nSPS) is 18.6. The average Bonchev–Trinajstić information content (AvgIpc) is 3.72. The van der Waals surface area contributed by atoms with Crippen molar-refractivity contribution >= 4 is 31.7 Å². The summed E-state index contributed by atoms with van der Waals surface area (Å²) in [6.07, 6.45) is -2.32. The van der Waals surface area contributed by atoms with Crippen molar-refractivity contribution in [3.8, 4) is 0 Å². The summed E-state index contributed by atoms with van der Waals surface area (Å²) in [5, 5.41) is 0. The molecule has 1 aliphatic heterocycles. The van der Waals surface area contributed by atoms with E-state index in [1.165, 1.54) is 10.4 Å². The van der Waals surface area contributed by atoms with Gasteiger partial charge < -0.3 is 0 Å². The molecule has 1 amide bonds. The van der Waals surface area contributed by atoms with E-state index >= 15 is 0 Å². The van der Waals surface area contributed by atoms with Crippen LogP contribution in [0.4, 0.5) is 13.2 Å². The van der Waals surface area contributed by atoms with Crippen LogP contribution in [0.5, 0.6) is 0 Å². The summed E-state index contributed by atoms with van der Waals surface area (Å²) in [5.41, 5.74) is 2.10. The molecule has 2 aliphatic rings. The van der Waals surface area contributed by atoms with E-state index < -0.39 is 21.8 Å². The van der Waals surface area contributed by atoms with Crippen molar-refractivity contribution in [2.24, 2.45) is 0 Å². The summed E-state index contributed by atoms with van der Waals surface area (Å²) in [7, 11) is -4.10.